The molecular formula is C15H20O3. The summed E-state index contributed by atoms with van der Waals surface area (Å²) in [5.41, 5.74) is 0.640. The Labute approximate surface area is 108 Å². The number of rotatable bonds is 4. The zero-order valence-electron chi connectivity index (χ0n) is 11.1. The van der Waals surface area contributed by atoms with Gasteiger partial charge >= 0.3 is 0 Å². The first kappa shape index (κ1) is 12.9. The number of Topliss-reactive ketones (excluding diaryl/α,β-unsaturated/α-hetero) is 1. The van der Waals surface area contributed by atoms with Gasteiger partial charge < -0.3 is 9.47 Å². The molecule has 0 aromatic heterocycles. The molecule has 3 nitrogen and oxygen atoms in total. The molecule has 0 N–H and O–H groups in total. The summed E-state index contributed by atoms with van der Waals surface area (Å²) in [4.78, 5) is 11.6. The van der Waals surface area contributed by atoms with Gasteiger partial charge in [0, 0.05) is 6.07 Å². The van der Waals surface area contributed by atoms with Crippen LogP contribution in [0.4, 0.5) is 0 Å². The van der Waals surface area contributed by atoms with Gasteiger partial charge in [0.25, 0.3) is 0 Å². The number of ketones is 1. The van der Waals surface area contributed by atoms with Crippen LogP contribution in [-0.4, -0.2) is 19.0 Å². The fraction of sp³-hybridized carbons (Fsp3) is 0.533. The number of hydrogen-bond acceptors (Lipinski definition) is 3. The summed E-state index contributed by atoms with van der Waals surface area (Å²) in [7, 11) is 1.62. The lowest BCUT2D eigenvalue weighted by atomic mass is 9.97. The molecule has 0 radical (unpaired) electrons. The summed E-state index contributed by atoms with van der Waals surface area (Å²) in [5, 5.41) is 0. The number of carbonyl (C=O) groups excluding carboxylic acids is 1. The van der Waals surface area contributed by atoms with Gasteiger partial charge in [-0.15, -0.1) is 0 Å². The van der Waals surface area contributed by atoms with Crippen LogP contribution in [-0.2, 0) is 0 Å². The van der Waals surface area contributed by atoms with E-state index in [9.17, 15) is 4.79 Å². The molecule has 0 saturated heterocycles. The smallest absolute Gasteiger partial charge is 0.163 e. The van der Waals surface area contributed by atoms with Crippen LogP contribution in [0.25, 0.3) is 0 Å². The molecule has 1 saturated carbocycles. The molecule has 0 amide bonds. The molecule has 1 fully saturated rings. The molecule has 0 unspecified atom stereocenters. The lowest BCUT2D eigenvalue weighted by molar-refractivity contribution is 0.100. The Kier molecular flexibility index (Phi) is 4.24. The highest BCUT2D eigenvalue weighted by molar-refractivity contribution is 5.97. The Bertz CT molecular complexity index is 420. The normalized spacial score (nSPS) is 16.3. The van der Waals surface area contributed by atoms with Crippen molar-refractivity contribution in [3.05, 3.63) is 23.8 Å². The average Bonchev–Trinajstić information content (AvgIpc) is 2.39. The van der Waals surface area contributed by atoms with Crippen LogP contribution in [0.1, 0.15) is 49.4 Å². The van der Waals surface area contributed by atoms with Crippen LogP contribution in [0.15, 0.2) is 18.2 Å². The first-order valence-corrected chi connectivity index (χ1v) is 6.56. The molecule has 1 aromatic carbocycles. The van der Waals surface area contributed by atoms with E-state index in [2.05, 4.69) is 0 Å². The fourth-order valence-corrected chi connectivity index (χ4v) is 2.38. The van der Waals surface area contributed by atoms with Crippen LogP contribution in [0.5, 0.6) is 11.5 Å². The summed E-state index contributed by atoms with van der Waals surface area (Å²) >= 11 is 0. The molecule has 1 aliphatic carbocycles. The highest BCUT2D eigenvalue weighted by Gasteiger charge is 2.18. The minimum atomic E-state index is 0.0310. The van der Waals surface area contributed by atoms with E-state index < -0.39 is 0 Å². The first-order chi connectivity index (χ1) is 8.70. The lowest BCUT2D eigenvalue weighted by Crippen LogP contribution is -2.20. The SMILES string of the molecule is COc1ccc(C(C)=O)c(OC2CCCCC2)c1. The topological polar surface area (TPSA) is 35.5 Å². The molecule has 1 aromatic rings. The molecule has 0 aliphatic heterocycles. The van der Waals surface area contributed by atoms with E-state index in [0.717, 1.165) is 18.6 Å². The number of carbonyl (C=O) groups is 1. The third kappa shape index (κ3) is 3.03. The third-order valence-corrected chi connectivity index (χ3v) is 3.41. The van der Waals surface area contributed by atoms with Gasteiger partial charge in [0.15, 0.2) is 5.78 Å². The van der Waals surface area contributed by atoms with Crippen molar-refractivity contribution >= 4 is 5.78 Å². The maximum Gasteiger partial charge on any atom is 0.163 e. The van der Waals surface area contributed by atoms with Gasteiger partial charge in [-0.25, -0.2) is 0 Å². The Morgan fingerprint density at radius 3 is 2.56 bits per heavy atom. The monoisotopic (exact) mass is 248 g/mol. The van der Waals surface area contributed by atoms with E-state index in [1.165, 1.54) is 19.3 Å². The van der Waals surface area contributed by atoms with Crippen LogP contribution in [0.2, 0.25) is 0 Å². The maximum atomic E-state index is 11.6. The summed E-state index contributed by atoms with van der Waals surface area (Å²) in [5.74, 6) is 1.42. The zero-order chi connectivity index (χ0) is 13.0. The minimum Gasteiger partial charge on any atom is -0.497 e. The van der Waals surface area contributed by atoms with Crippen molar-refractivity contribution < 1.29 is 14.3 Å². The van der Waals surface area contributed by atoms with Gasteiger partial charge in [0.05, 0.1) is 18.8 Å². The predicted octanol–water partition coefficient (Wildman–Crippen LogP) is 3.61. The quantitative estimate of drug-likeness (QED) is 0.763. The molecule has 1 aliphatic rings. The molecular weight excluding hydrogens is 228 g/mol. The second-order valence-electron chi connectivity index (χ2n) is 4.80. The van der Waals surface area contributed by atoms with E-state index >= 15 is 0 Å². The predicted molar refractivity (Wildman–Crippen MR) is 70.5 cm³/mol. The fourth-order valence-electron chi connectivity index (χ4n) is 2.38. The van der Waals surface area contributed by atoms with Gasteiger partial charge in [0.2, 0.25) is 0 Å². The van der Waals surface area contributed by atoms with E-state index in [-0.39, 0.29) is 11.9 Å². The van der Waals surface area contributed by atoms with Crippen LogP contribution >= 0.6 is 0 Å². The second-order valence-corrected chi connectivity index (χ2v) is 4.80. The van der Waals surface area contributed by atoms with Crippen molar-refractivity contribution in [2.75, 3.05) is 7.11 Å². The summed E-state index contributed by atoms with van der Waals surface area (Å²) < 4.78 is 11.2. The number of methoxy groups -OCH3 is 1. The molecule has 98 valence electrons. The van der Waals surface area contributed by atoms with Crippen molar-refractivity contribution in [1.82, 2.24) is 0 Å². The number of benzene rings is 1. The molecule has 0 spiro atoms. The Morgan fingerprint density at radius 2 is 1.94 bits per heavy atom. The van der Waals surface area contributed by atoms with Crippen molar-refractivity contribution in [2.24, 2.45) is 0 Å². The van der Waals surface area contributed by atoms with Crippen LogP contribution in [0.3, 0.4) is 0 Å². The highest BCUT2D eigenvalue weighted by Crippen LogP contribution is 2.29. The summed E-state index contributed by atoms with van der Waals surface area (Å²) in [6.07, 6.45) is 6.11. The largest absolute Gasteiger partial charge is 0.497 e. The summed E-state index contributed by atoms with van der Waals surface area (Å²) in [6, 6.07) is 5.38. The van der Waals surface area contributed by atoms with E-state index in [4.69, 9.17) is 9.47 Å². The Morgan fingerprint density at radius 1 is 1.22 bits per heavy atom. The third-order valence-electron chi connectivity index (χ3n) is 3.41. The maximum absolute atomic E-state index is 11.6. The minimum absolute atomic E-state index is 0.0310. The second kappa shape index (κ2) is 5.89. The Hall–Kier alpha value is -1.51. The molecule has 18 heavy (non-hydrogen) atoms. The van der Waals surface area contributed by atoms with E-state index in [1.807, 2.05) is 6.07 Å². The van der Waals surface area contributed by atoms with Crippen molar-refractivity contribution in [3.8, 4) is 11.5 Å². The van der Waals surface area contributed by atoms with Gasteiger partial charge in [-0.05, 0) is 44.7 Å². The number of ether oxygens (including phenoxy) is 2. The highest BCUT2D eigenvalue weighted by atomic mass is 16.5. The van der Waals surface area contributed by atoms with Gasteiger partial charge in [-0.3, -0.25) is 4.79 Å². The van der Waals surface area contributed by atoms with E-state index in [1.54, 1.807) is 26.2 Å². The standard InChI is InChI=1S/C15H20O3/c1-11(16)14-9-8-13(17-2)10-15(14)18-12-6-4-3-5-7-12/h8-10,12H,3-7H2,1-2H3. The van der Waals surface area contributed by atoms with Gasteiger partial charge in [0.1, 0.15) is 11.5 Å². The van der Waals surface area contributed by atoms with Gasteiger partial charge in [-0.2, -0.15) is 0 Å². The molecule has 0 bridgehead atoms. The van der Waals surface area contributed by atoms with Crippen molar-refractivity contribution in [3.63, 3.8) is 0 Å². The summed E-state index contributed by atoms with van der Waals surface area (Å²) in [6.45, 7) is 1.57. The van der Waals surface area contributed by atoms with Crippen molar-refractivity contribution in [2.45, 2.75) is 45.1 Å². The Balaban J connectivity index is 2.19. The van der Waals surface area contributed by atoms with E-state index in [0.29, 0.717) is 11.3 Å². The lowest BCUT2D eigenvalue weighted by Gasteiger charge is -2.24. The zero-order valence-corrected chi connectivity index (χ0v) is 11.1. The molecule has 3 heteroatoms. The number of hydrogen-bond donors (Lipinski definition) is 0. The first-order valence-electron chi connectivity index (χ1n) is 6.56. The average molecular weight is 248 g/mol. The van der Waals surface area contributed by atoms with Crippen molar-refractivity contribution in [1.29, 1.82) is 0 Å². The molecule has 2 rings (SSSR count). The van der Waals surface area contributed by atoms with Gasteiger partial charge in [-0.1, -0.05) is 6.42 Å². The van der Waals surface area contributed by atoms with Crippen LogP contribution < -0.4 is 9.47 Å². The molecule has 0 atom stereocenters. The van der Waals surface area contributed by atoms with Crippen LogP contribution in [0, 0.1) is 0 Å². The molecule has 0 heterocycles.